The molecule has 1 unspecified atom stereocenters. The number of aliphatic carboxylic acids is 1. The number of carboxylic acid groups (broad SMARTS) is 1. The third-order valence-corrected chi connectivity index (χ3v) is 2.56. The SMILES string of the molecule is NC(=O)CCCCC(C(=O)O)C1=NNC=CC=C1. The number of carbonyl (C=O) groups is 2. The molecule has 0 aromatic carbocycles. The summed E-state index contributed by atoms with van der Waals surface area (Å²) in [6.45, 7) is 0. The molecule has 1 atom stereocenters. The molecule has 1 aliphatic rings. The van der Waals surface area contributed by atoms with Gasteiger partial charge in [-0.25, -0.2) is 0 Å². The van der Waals surface area contributed by atoms with Crippen molar-refractivity contribution in [2.45, 2.75) is 25.7 Å². The summed E-state index contributed by atoms with van der Waals surface area (Å²) in [6.07, 6.45) is 8.71. The van der Waals surface area contributed by atoms with Crippen LogP contribution in [0.25, 0.3) is 0 Å². The summed E-state index contributed by atoms with van der Waals surface area (Å²) in [4.78, 5) is 21.8. The minimum atomic E-state index is -0.916. The molecular formula is C12H17N3O3. The standard InChI is InChI=1S/C12H17N3O3/c13-11(16)7-2-1-5-9(12(17)18)10-6-3-4-8-14-15-10/h3-4,6,8-9,14H,1-2,5,7H2,(H2,13,16)(H,17,18). The molecule has 0 spiro atoms. The molecule has 0 bridgehead atoms. The fourth-order valence-electron chi connectivity index (χ4n) is 1.64. The van der Waals surface area contributed by atoms with E-state index in [1.807, 2.05) is 0 Å². The van der Waals surface area contributed by atoms with Crippen LogP contribution < -0.4 is 11.2 Å². The van der Waals surface area contributed by atoms with E-state index >= 15 is 0 Å². The number of amides is 1. The minimum Gasteiger partial charge on any atom is -0.481 e. The van der Waals surface area contributed by atoms with Gasteiger partial charge in [0.1, 0.15) is 5.92 Å². The second kappa shape index (κ2) is 7.26. The van der Waals surface area contributed by atoms with E-state index in [2.05, 4.69) is 10.5 Å². The monoisotopic (exact) mass is 251 g/mol. The van der Waals surface area contributed by atoms with Crippen LogP contribution in [0, 0.1) is 5.92 Å². The fourth-order valence-corrected chi connectivity index (χ4v) is 1.64. The van der Waals surface area contributed by atoms with Crippen molar-refractivity contribution < 1.29 is 14.7 Å². The van der Waals surface area contributed by atoms with Crippen LogP contribution in [0.1, 0.15) is 25.7 Å². The van der Waals surface area contributed by atoms with Crippen molar-refractivity contribution in [2.75, 3.05) is 0 Å². The molecule has 6 heteroatoms. The number of allylic oxidation sites excluding steroid dienone is 3. The first kappa shape index (κ1) is 14.0. The number of nitrogens with one attached hydrogen (secondary N) is 1. The Morgan fingerprint density at radius 3 is 2.83 bits per heavy atom. The molecule has 4 N–H and O–H groups in total. The molecule has 98 valence electrons. The number of nitrogens with zero attached hydrogens (tertiary/aromatic N) is 1. The highest BCUT2D eigenvalue weighted by Gasteiger charge is 2.22. The summed E-state index contributed by atoms with van der Waals surface area (Å²) < 4.78 is 0. The van der Waals surface area contributed by atoms with Crippen molar-refractivity contribution in [3.05, 3.63) is 24.4 Å². The van der Waals surface area contributed by atoms with E-state index in [4.69, 9.17) is 5.73 Å². The van der Waals surface area contributed by atoms with Gasteiger partial charge in [0.2, 0.25) is 5.91 Å². The van der Waals surface area contributed by atoms with Crippen LogP contribution in [-0.2, 0) is 9.59 Å². The summed E-state index contributed by atoms with van der Waals surface area (Å²) in [6, 6.07) is 0. The molecule has 1 heterocycles. The van der Waals surface area contributed by atoms with E-state index in [9.17, 15) is 14.7 Å². The Hall–Kier alpha value is -2.11. The molecule has 0 radical (unpaired) electrons. The molecule has 0 fully saturated rings. The Balaban J connectivity index is 2.52. The van der Waals surface area contributed by atoms with Crippen molar-refractivity contribution in [3.63, 3.8) is 0 Å². The van der Waals surface area contributed by atoms with E-state index in [1.54, 1.807) is 24.4 Å². The normalized spacial score (nSPS) is 15.4. The van der Waals surface area contributed by atoms with Gasteiger partial charge in [0.05, 0.1) is 5.71 Å². The maximum absolute atomic E-state index is 11.2. The van der Waals surface area contributed by atoms with Crippen LogP contribution in [0.5, 0.6) is 0 Å². The van der Waals surface area contributed by atoms with Crippen LogP contribution in [0.15, 0.2) is 29.5 Å². The van der Waals surface area contributed by atoms with E-state index in [0.717, 1.165) is 0 Å². The second-order valence-corrected chi connectivity index (χ2v) is 3.99. The number of carboxylic acids is 1. The summed E-state index contributed by atoms with van der Waals surface area (Å²) in [5.74, 6) is -1.94. The predicted molar refractivity (Wildman–Crippen MR) is 67.6 cm³/mol. The lowest BCUT2D eigenvalue weighted by molar-refractivity contribution is -0.139. The van der Waals surface area contributed by atoms with Crippen LogP contribution in [0.3, 0.4) is 0 Å². The zero-order chi connectivity index (χ0) is 13.4. The van der Waals surface area contributed by atoms with Crippen molar-refractivity contribution in [1.82, 2.24) is 5.43 Å². The fraction of sp³-hybridized carbons (Fsp3) is 0.417. The predicted octanol–water partition coefficient (Wildman–Crippen LogP) is 0.762. The zero-order valence-electron chi connectivity index (χ0n) is 10.0. The molecule has 18 heavy (non-hydrogen) atoms. The lowest BCUT2D eigenvalue weighted by atomic mass is 9.95. The lowest BCUT2D eigenvalue weighted by Crippen LogP contribution is -2.24. The average Bonchev–Trinajstić information content (AvgIpc) is 2.56. The highest BCUT2D eigenvalue weighted by molar-refractivity contribution is 6.08. The number of carbonyl (C=O) groups excluding carboxylic acids is 1. The smallest absolute Gasteiger partial charge is 0.312 e. The second-order valence-electron chi connectivity index (χ2n) is 3.99. The summed E-state index contributed by atoms with van der Waals surface area (Å²) in [5, 5.41) is 13.2. The van der Waals surface area contributed by atoms with Gasteiger partial charge < -0.3 is 10.8 Å². The van der Waals surface area contributed by atoms with Gasteiger partial charge >= 0.3 is 5.97 Å². The van der Waals surface area contributed by atoms with Crippen molar-refractivity contribution in [2.24, 2.45) is 16.8 Å². The summed E-state index contributed by atoms with van der Waals surface area (Å²) in [7, 11) is 0. The van der Waals surface area contributed by atoms with Gasteiger partial charge in [-0.1, -0.05) is 12.5 Å². The molecule has 0 aromatic rings. The first-order valence-corrected chi connectivity index (χ1v) is 5.78. The van der Waals surface area contributed by atoms with Gasteiger partial charge in [-0.2, -0.15) is 5.10 Å². The van der Waals surface area contributed by atoms with E-state index in [-0.39, 0.29) is 12.3 Å². The molecular weight excluding hydrogens is 234 g/mol. The van der Waals surface area contributed by atoms with Crippen molar-refractivity contribution in [1.29, 1.82) is 0 Å². The Bertz CT molecular complexity index is 399. The van der Waals surface area contributed by atoms with E-state index in [1.165, 1.54) is 0 Å². The van der Waals surface area contributed by atoms with Gasteiger partial charge in [-0.05, 0) is 25.0 Å². The van der Waals surface area contributed by atoms with Gasteiger partial charge in [-0.3, -0.25) is 15.0 Å². The molecule has 0 saturated carbocycles. The highest BCUT2D eigenvalue weighted by atomic mass is 16.4. The number of hydrogen-bond acceptors (Lipinski definition) is 4. The van der Waals surface area contributed by atoms with Gasteiger partial charge in [-0.15, -0.1) is 0 Å². The lowest BCUT2D eigenvalue weighted by Gasteiger charge is -2.11. The maximum atomic E-state index is 11.2. The van der Waals surface area contributed by atoms with Crippen LogP contribution in [0.4, 0.5) is 0 Å². The highest BCUT2D eigenvalue weighted by Crippen LogP contribution is 2.14. The Labute approximate surface area is 105 Å². The molecule has 1 amide bonds. The molecule has 6 nitrogen and oxygen atoms in total. The van der Waals surface area contributed by atoms with Crippen LogP contribution in [-0.4, -0.2) is 22.7 Å². The number of unbranched alkanes of at least 4 members (excludes halogenated alkanes) is 1. The Kier molecular flexibility index (Phi) is 5.63. The molecule has 1 aliphatic heterocycles. The van der Waals surface area contributed by atoms with E-state index in [0.29, 0.717) is 25.0 Å². The maximum Gasteiger partial charge on any atom is 0.312 e. The van der Waals surface area contributed by atoms with Crippen LogP contribution in [0.2, 0.25) is 0 Å². The van der Waals surface area contributed by atoms with Crippen molar-refractivity contribution in [3.8, 4) is 0 Å². The third kappa shape index (κ3) is 4.82. The third-order valence-electron chi connectivity index (χ3n) is 2.56. The number of hydrogen-bond donors (Lipinski definition) is 3. The summed E-state index contributed by atoms with van der Waals surface area (Å²) >= 11 is 0. The number of primary amides is 1. The van der Waals surface area contributed by atoms with Gasteiger partial charge in [0.15, 0.2) is 0 Å². The number of rotatable bonds is 7. The van der Waals surface area contributed by atoms with Gasteiger partial charge in [0, 0.05) is 12.6 Å². The Morgan fingerprint density at radius 1 is 1.39 bits per heavy atom. The molecule has 0 saturated heterocycles. The van der Waals surface area contributed by atoms with Gasteiger partial charge in [0.25, 0.3) is 0 Å². The molecule has 1 rings (SSSR count). The van der Waals surface area contributed by atoms with Crippen molar-refractivity contribution >= 4 is 17.6 Å². The minimum absolute atomic E-state index is 0.286. The quantitative estimate of drug-likeness (QED) is 0.581. The van der Waals surface area contributed by atoms with Crippen LogP contribution >= 0.6 is 0 Å². The molecule has 0 aromatic heterocycles. The zero-order valence-corrected chi connectivity index (χ0v) is 10.0. The van der Waals surface area contributed by atoms with E-state index < -0.39 is 11.9 Å². The number of hydrazone groups is 1. The average molecular weight is 251 g/mol. The molecule has 0 aliphatic carbocycles. The first-order valence-electron chi connectivity index (χ1n) is 5.78. The first-order chi connectivity index (χ1) is 8.61. The summed E-state index contributed by atoms with van der Waals surface area (Å²) in [5.41, 5.74) is 8.15. The Morgan fingerprint density at radius 2 is 2.17 bits per heavy atom. The number of nitrogens with two attached hydrogens (primary N) is 1. The topological polar surface area (TPSA) is 105 Å². The largest absolute Gasteiger partial charge is 0.481 e.